The Morgan fingerprint density at radius 2 is 2.17 bits per heavy atom. The zero-order valence-corrected chi connectivity index (χ0v) is 12.5. The lowest BCUT2D eigenvalue weighted by Crippen LogP contribution is -2.21. The van der Waals surface area contributed by atoms with Gasteiger partial charge in [-0.3, -0.25) is 19.6 Å². The third-order valence-corrected chi connectivity index (χ3v) is 2.90. The highest BCUT2D eigenvalue weighted by Crippen LogP contribution is 2.25. The van der Waals surface area contributed by atoms with E-state index in [-0.39, 0.29) is 16.9 Å². The first-order chi connectivity index (χ1) is 10.9. The summed E-state index contributed by atoms with van der Waals surface area (Å²) in [6.07, 6.45) is 2.76. The summed E-state index contributed by atoms with van der Waals surface area (Å²) >= 11 is 0. The monoisotopic (exact) mass is 318 g/mol. The summed E-state index contributed by atoms with van der Waals surface area (Å²) in [5.74, 6) is -1.37. The Hall–Kier alpha value is -3.23. The molecule has 1 amide bonds. The first kappa shape index (κ1) is 16.1. The molecule has 0 unspecified atom stereocenters. The molecule has 120 valence electrons. The molecule has 0 radical (unpaired) electrons. The van der Waals surface area contributed by atoms with Gasteiger partial charge >= 0.3 is 5.97 Å². The largest absolute Gasteiger partial charge is 0.452 e. The van der Waals surface area contributed by atoms with Crippen LogP contribution in [0.2, 0.25) is 0 Å². The maximum Gasteiger partial charge on any atom is 0.341 e. The van der Waals surface area contributed by atoms with Gasteiger partial charge in [-0.15, -0.1) is 0 Å². The lowest BCUT2D eigenvalue weighted by atomic mass is 10.2. The number of carbonyl (C=O) groups is 2. The van der Waals surface area contributed by atoms with Crippen molar-refractivity contribution in [2.75, 3.05) is 11.9 Å². The lowest BCUT2D eigenvalue weighted by Gasteiger charge is -2.07. The van der Waals surface area contributed by atoms with E-state index in [2.05, 4.69) is 10.4 Å². The van der Waals surface area contributed by atoms with E-state index in [4.69, 9.17) is 4.74 Å². The number of benzene rings is 1. The Kier molecular flexibility index (Phi) is 4.69. The van der Waals surface area contributed by atoms with Crippen LogP contribution < -0.4 is 5.32 Å². The average molecular weight is 318 g/mol. The molecule has 0 saturated heterocycles. The molecule has 0 bridgehead atoms. The van der Waals surface area contributed by atoms with Gasteiger partial charge in [-0.25, -0.2) is 4.79 Å². The van der Waals surface area contributed by atoms with E-state index in [0.29, 0.717) is 5.56 Å². The van der Waals surface area contributed by atoms with Crippen LogP contribution in [0, 0.1) is 17.0 Å². The summed E-state index contributed by atoms with van der Waals surface area (Å²) in [5.41, 5.74) is 0.722. The highest BCUT2D eigenvalue weighted by Gasteiger charge is 2.17. The minimum Gasteiger partial charge on any atom is -0.452 e. The van der Waals surface area contributed by atoms with Gasteiger partial charge < -0.3 is 10.1 Å². The molecule has 0 fully saturated rings. The molecule has 0 spiro atoms. The highest BCUT2D eigenvalue weighted by molar-refractivity contribution is 5.96. The number of aromatic nitrogens is 2. The number of nitro groups is 1. The summed E-state index contributed by atoms with van der Waals surface area (Å²) in [7, 11) is 1.64. The first-order valence-corrected chi connectivity index (χ1v) is 6.57. The second-order valence-electron chi connectivity index (χ2n) is 4.80. The average Bonchev–Trinajstić information content (AvgIpc) is 2.93. The molecule has 0 aliphatic rings. The molecule has 23 heavy (non-hydrogen) atoms. The number of nitro benzene ring substituents is 1. The van der Waals surface area contributed by atoms with Crippen LogP contribution in [0.3, 0.4) is 0 Å². The number of carbonyl (C=O) groups excluding carboxylic acids is 2. The molecule has 2 rings (SSSR count). The number of hydrogen-bond donors (Lipinski definition) is 1. The van der Waals surface area contributed by atoms with Crippen LogP contribution in [-0.4, -0.2) is 33.2 Å². The van der Waals surface area contributed by atoms with Crippen molar-refractivity contribution >= 4 is 23.3 Å². The third-order valence-electron chi connectivity index (χ3n) is 2.90. The van der Waals surface area contributed by atoms with E-state index in [1.54, 1.807) is 20.0 Å². The molecule has 1 aromatic heterocycles. The quantitative estimate of drug-likeness (QED) is 0.506. The van der Waals surface area contributed by atoms with Crippen LogP contribution in [0.15, 0.2) is 30.6 Å². The van der Waals surface area contributed by atoms with Crippen molar-refractivity contribution in [1.29, 1.82) is 0 Å². The molecule has 0 aliphatic heterocycles. The maximum atomic E-state index is 11.8. The van der Waals surface area contributed by atoms with Gasteiger partial charge in [-0.1, -0.05) is 6.07 Å². The predicted molar refractivity (Wildman–Crippen MR) is 80.0 cm³/mol. The molecule has 9 heteroatoms. The zero-order chi connectivity index (χ0) is 17.0. The summed E-state index contributed by atoms with van der Waals surface area (Å²) in [6.45, 7) is 1.15. The molecule has 2 aromatic rings. The number of rotatable bonds is 5. The van der Waals surface area contributed by atoms with Gasteiger partial charge in [0.1, 0.15) is 5.69 Å². The minimum atomic E-state index is -0.702. The van der Waals surface area contributed by atoms with Gasteiger partial charge in [0.25, 0.3) is 11.6 Å². The highest BCUT2D eigenvalue weighted by atomic mass is 16.6. The second-order valence-corrected chi connectivity index (χ2v) is 4.80. The fraction of sp³-hybridized carbons (Fsp3) is 0.214. The van der Waals surface area contributed by atoms with Crippen molar-refractivity contribution in [3.63, 3.8) is 0 Å². The second kappa shape index (κ2) is 6.69. The number of aryl methyl sites for hydroxylation is 2. The van der Waals surface area contributed by atoms with Gasteiger partial charge in [-0.2, -0.15) is 5.10 Å². The molecule has 0 saturated carbocycles. The smallest absolute Gasteiger partial charge is 0.341 e. The van der Waals surface area contributed by atoms with Crippen molar-refractivity contribution in [2.24, 2.45) is 7.05 Å². The summed E-state index contributed by atoms with van der Waals surface area (Å²) in [5, 5.41) is 17.1. The van der Waals surface area contributed by atoms with Crippen molar-refractivity contribution in [3.8, 4) is 0 Å². The van der Waals surface area contributed by atoms with Gasteiger partial charge in [0.15, 0.2) is 6.61 Å². The van der Waals surface area contributed by atoms with E-state index >= 15 is 0 Å². The van der Waals surface area contributed by atoms with Crippen LogP contribution in [0.1, 0.15) is 15.9 Å². The SMILES string of the molecule is Cc1ccc(NC(=O)COC(=O)c2cnn(C)c2)c([N+](=O)[O-])c1. The number of nitrogens with zero attached hydrogens (tertiary/aromatic N) is 3. The van der Waals surface area contributed by atoms with Gasteiger partial charge in [0.05, 0.1) is 16.7 Å². The number of esters is 1. The predicted octanol–water partition coefficient (Wildman–Crippen LogP) is 1.43. The van der Waals surface area contributed by atoms with Crippen LogP contribution in [0.4, 0.5) is 11.4 Å². The fourth-order valence-corrected chi connectivity index (χ4v) is 1.83. The van der Waals surface area contributed by atoms with Crippen LogP contribution >= 0.6 is 0 Å². The van der Waals surface area contributed by atoms with Crippen molar-refractivity contribution < 1.29 is 19.2 Å². The molecule has 1 aromatic carbocycles. The summed E-state index contributed by atoms with van der Waals surface area (Å²) in [4.78, 5) is 33.8. The Bertz CT molecular complexity index is 768. The molecule has 1 heterocycles. The zero-order valence-electron chi connectivity index (χ0n) is 12.5. The van der Waals surface area contributed by atoms with E-state index in [1.165, 1.54) is 29.2 Å². The number of hydrogen-bond acceptors (Lipinski definition) is 6. The van der Waals surface area contributed by atoms with E-state index < -0.39 is 23.4 Å². The fourth-order valence-electron chi connectivity index (χ4n) is 1.83. The Morgan fingerprint density at radius 3 is 2.78 bits per heavy atom. The van der Waals surface area contributed by atoms with Crippen molar-refractivity contribution in [3.05, 3.63) is 51.8 Å². The standard InChI is InChI=1S/C14H14N4O5/c1-9-3-4-11(12(5-9)18(21)22)16-13(19)8-23-14(20)10-6-15-17(2)7-10/h3-7H,8H2,1-2H3,(H,16,19). The lowest BCUT2D eigenvalue weighted by molar-refractivity contribution is -0.384. The van der Waals surface area contributed by atoms with Crippen LogP contribution in [0.5, 0.6) is 0 Å². The Balaban J connectivity index is 1.97. The van der Waals surface area contributed by atoms with E-state index in [0.717, 1.165) is 0 Å². The number of ether oxygens (including phenoxy) is 1. The Morgan fingerprint density at radius 1 is 1.43 bits per heavy atom. The normalized spacial score (nSPS) is 10.2. The number of amides is 1. The summed E-state index contributed by atoms with van der Waals surface area (Å²) in [6, 6.07) is 4.40. The topological polar surface area (TPSA) is 116 Å². The Labute approximate surface area is 131 Å². The molecule has 0 aliphatic carbocycles. The number of anilines is 1. The van der Waals surface area contributed by atoms with Crippen LogP contribution in [0.25, 0.3) is 0 Å². The first-order valence-electron chi connectivity index (χ1n) is 6.57. The maximum absolute atomic E-state index is 11.8. The molecule has 0 atom stereocenters. The van der Waals surface area contributed by atoms with Gasteiger partial charge in [0, 0.05) is 19.3 Å². The summed E-state index contributed by atoms with van der Waals surface area (Å²) < 4.78 is 6.25. The number of nitrogens with one attached hydrogen (secondary N) is 1. The van der Waals surface area contributed by atoms with Gasteiger partial charge in [-0.05, 0) is 18.6 Å². The molecular formula is C14H14N4O5. The molecule has 1 N–H and O–H groups in total. The van der Waals surface area contributed by atoms with Gasteiger partial charge in [0.2, 0.25) is 0 Å². The van der Waals surface area contributed by atoms with Crippen molar-refractivity contribution in [2.45, 2.75) is 6.92 Å². The minimum absolute atomic E-state index is 0.0445. The van der Waals surface area contributed by atoms with Crippen LogP contribution in [-0.2, 0) is 16.6 Å². The van der Waals surface area contributed by atoms with Crippen molar-refractivity contribution in [1.82, 2.24) is 9.78 Å². The third kappa shape index (κ3) is 4.13. The molecular weight excluding hydrogens is 304 g/mol. The molecule has 9 nitrogen and oxygen atoms in total. The van der Waals surface area contributed by atoms with E-state index in [1.807, 2.05) is 0 Å². The van der Waals surface area contributed by atoms with E-state index in [9.17, 15) is 19.7 Å².